The zero-order valence-corrected chi connectivity index (χ0v) is 14.9. The molecule has 0 aliphatic carbocycles. The van der Waals surface area contributed by atoms with Crippen LogP contribution in [0.5, 0.6) is 5.75 Å². The number of para-hydroxylation sites is 1. The third-order valence-corrected chi connectivity index (χ3v) is 3.92. The highest BCUT2D eigenvalue weighted by atomic mass is 16.6. The lowest BCUT2D eigenvalue weighted by Crippen LogP contribution is -2.20. The number of H-pyrrole nitrogens is 1. The third-order valence-electron chi connectivity index (χ3n) is 3.92. The smallest absolute Gasteiger partial charge is 0.344 e. The van der Waals surface area contributed by atoms with E-state index in [1.54, 1.807) is 55.5 Å². The van der Waals surface area contributed by atoms with Gasteiger partial charge in [0.15, 0.2) is 24.3 Å². The minimum atomic E-state index is -0.748. The van der Waals surface area contributed by atoms with Gasteiger partial charge in [-0.1, -0.05) is 24.3 Å². The van der Waals surface area contributed by atoms with Gasteiger partial charge in [0.05, 0.1) is 10.9 Å². The largest absolute Gasteiger partial charge is 0.482 e. The van der Waals surface area contributed by atoms with Crippen LogP contribution in [0.15, 0.2) is 53.3 Å². The summed E-state index contributed by atoms with van der Waals surface area (Å²) >= 11 is 0. The zero-order valence-electron chi connectivity index (χ0n) is 14.9. The number of ketones is 1. The van der Waals surface area contributed by atoms with Gasteiger partial charge in [-0.15, -0.1) is 0 Å². The number of aromatic amines is 1. The van der Waals surface area contributed by atoms with Gasteiger partial charge in [0.1, 0.15) is 5.75 Å². The number of carbonyl (C=O) groups is 2. The van der Waals surface area contributed by atoms with E-state index in [0.717, 1.165) is 0 Å². The Bertz CT molecular complexity index is 1060. The first-order valence-corrected chi connectivity index (χ1v) is 8.36. The molecule has 0 aliphatic heterocycles. The average molecular weight is 366 g/mol. The molecule has 0 amide bonds. The number of Topliss-reactive ketones (excluding diaryl/α,β-unsaturated/α-hetero) is 1. The molecule has 0 saturated carbocycles. The molecular formula is C20H18N2O5. The van der Waals surface area contributed by atoms with Crippen molar-refractivity contribution in [2.24, 2.45) is 0 Å². The van der Waals surface area contributed by atoms with Crippen molar-refractivity contribution in [3.8, 4) is 5.75 Å². The molecule has 0 fully saturated rings. The molecule has 3 rings (SSSR count). The molecule has 0 radical (unpaired) electrons. The second-order valence-corrected chi connectivity index (χ2v) is 5.97. The van der Waals surface area contributed by atoms with Gasteiger partial charge in [-0.05, 0) is 38.1 Å². The van der Waals surface area contributed by atoms with Crippen molar-refractivity contribution >= 4 is 22.7 Å². The van der Waals surface area contributed by atoms with Crippen LogP contribution >= 0.6 is 0 Å². The van der Waals surface area contributed by atoms with Crippen molar-refractivity contribution in [2.45, 2.75) is 20.0 Å². The van der Waals surface area contributed by atoms with Crippen molar-refractivity contribution in [1.82, 2.24) is 9.97 Å². The first kappa shape index (κ1) is 18.3. The van der Waals surface area contributed by atoms with Crippen LogP contribution in [0, 0.1) is 0 Å². The summed E-state index contributed by atoms with van der Waals surface area (Å²) in [5.41, 5.74) is 0.722. The number of hydrogen-bond acceptors (Lipinski definition) is 6. The van der Waals surface area contributed by atoms with Crippen LogP contribution in [-0.2, 0) is 9.53 Å². The average Bonchev–Trinajstić information content (AvgIpc) is 2.66. The Hall–Kier alpha value is -3.48. The maximum Gasteiger partial charge on any atom is 0.344 e. The summed E-state index contributed by atoms with van der Waals surface area (Å²) in [7, 11) is 0. The van der Waals surface area contributed by atoms with E-state index in [0.29, 0.717) is 22.2 Å². The normalized spacial score (nSPS) is 11.8. The first-order valence-electron chi connectivity index (χ1n) is 8.36. The molecule has 0 bridgehead atoms. The van der Waals surface area contributed by atoms with Crippen molar-refractivity contribution in [3.05, 3.63) is 70.3 Å². The lowest BCUT2D eigenvalue weighted by molar-refractivity contribution is -0.151. The maximum absolute atomic E-state index is 12.1. The van der Waals surface area contributed by atoms with E-state index in [4.69, 9.17) is 9.47 Å². The number of carbonyl (C=O) groups excluding carboxylic acids is 2. The highest BCUT2D eigenvalue weighted by Crippen LogP contribution is 2.16. The van der Waals surface area contributed by atoms with Crippen molar-refractivity contribution in [3.63, 3.8) is 0 Å². The summed E-state index contributed by atoms with van der Waals surface area (Å²) in [5.74, 6) is -0.0651. The van der Waals surface area contributed by atoms with Crippen LogP contribution < -0.4 is 10.3 Å². The van der Waals surface area contributed by atoms with Gasteiger partial charge >= 0.3 is 5.97 Å². The Morgan fingerprint density at radius 3 is 2.70 bits per heavy atom. The minimum absolute atomic E-state index is 0.0945. The predicted molar refractivity (Wildman–Crippen MR) is 98.8 cm³/mol. The molecule has 138 valence electrons. The van der Waals surface area contributed by atoms with Gasteiger partial charge in [0.25, 0.3) is 5.56 Å². The van der Waals surface area contributed by atoms with Gasteiger partial charge in [0.2, 0.25) is 0 Å². The van der Waals surface area contributed by atoms with Gasteiger partial charge in [-0.2, -0.15) is 0 Å². The summed E-state index contributed by atoms with van der Waals surface area (Å²) in [5, 5.41) is 0.466. The number of nitrogens with zero attached hydrogens (tertiary/aromatic N) is 1. The Kier molecular flexibility index (Phi) is 5.30. The Balaban J connectivity index is 1.65. The molecule has 3 aromatic rings. The van der Waals surface area contributed by atoms with Gasteiger partial charge < -0.3 is 14.5 Å². The molecule has 0 unspecified atom stereocenters. The Morgan fingerprint density at radius 1 is 1.15 bits per heavy atom. The first-order chi connectivity index (χ1) is 12.9. The summed E-state index contributed by atoms with van der Waals surface area (Å²) in [6.45, 7) is 2.73. The molecule has 0 aliphatic rings. The molecule has 2 aromatic carbocycles. The topological polar surface area (TPSA) is 98.3 Å². The van der Waals surface area contributed by atoms with Crippen LogP contribution in [0.3, 0.4) is 0 Å². The van der Waals surface area contributed by atoms with Gasteiger partial charge in [-0.25, -0.2) is 9.78 Å². The standard InChI is InChI=1S/C20H18N2O5/c1-12(23)14-6-5-7-15(10-14)26-11-18(24)27-13(2)19-21-17-9-4-3-8-16(17)20(25)22-19/h3-10,13H,11H2,1-2H3,(H,21,22,25)/t13-/m1/s1. The molecule has 1 aromatic heterocycles. The monoisotopic (exact) mass is 366 g/mol. The number of rotatable bonds is 6. The van der Waals surface area contributed by atoms with E-state index < -0.39 is 12.1 Å². The molecule has 27 heavy (non-hydrogen) atoms. The molecule has 7 heteroatoms. The number of hydrogen-bond donors (Lipinski definition) is 1. The number of esters is 1. The minimum Gasteiger partial charge on any atom is -0.482 e. The van der Waals surface area contributed by atoms with Crippen LogP contribution in [0.1, 0.15) is 36.1 Å². The second-order valence-electron chi connectivity index (χ2n) is 5.97. The van der Waals surface area contributed by atoms with E-state index in [2.05, 4.69) is 9.97 Å². The zero-order chi connectivity index (χ0) is 19.4. The molecule has 0 spiro atoms. The fraction of sp³-hybridized carbons (Fsp3) is 0.200. The second kappa shape index (κ2) is 7.82. The lowest BCUT2D eigenvalue weighted by atomic mass is 10.1. The van der Waals surface area contributed by atoms with Gasteiger partial charge in [-0.3, -0.25) is 9.59 Å². The quantitative estimate of drug-likeness (QED) is 0.532. The molecule has 0 saturated heterocycles. The predicted octanol–water partition coefficient (Wildman–Crippen LogP) is 2.81. The van der Waals surface area contributed by atoms with Crippen LogP contribution in [0.4, 0.5) is 0 Å². The van der Waals surface area contributed by atoms with Crippen molar-refractivity contribution in [2.75, 3.05) is 6.61 Å². The lowest BCUT2D eigenvalue weighted by Gasteiger charge is -2.13. The fourth-order valence-electron chi connectivity index (χ4n) is 2.53. The highest BCUT2D eigenvalue weighted by Gasteiger charge is 2.16. The van der Waals surface area contributed by atoms with E-state index in [-0.39, 0.29) is 23.8 Å². The Morgan fingerprint density at radius 2 is 1.93 bits per heavy atom. The number of nitrogens with one attached hydrogen (secondary N) is 1. The number of benzene rings is 2. The van der Waals surface area contributed by atoms with Crippen molar-refractivity contribution in [1.29, 1.82) is 0 Å². The summed E-state index contributed by atoms with van der Waals surface area (Å²) in [4.78, 5) is 42.5. The molecule has 1 N–H and O–H groups in total. The summed E-state index contributed by atoms with van der Waals surface area (Å²) in [6, 6.07) is 13.4. The molecule has 1 heterocycles. The summed E-state index contributed by atoms with van der Waals surface area (Å²) in [6.07, 6.45) is -0.748. The molecular weight excluding hydrogens is 348 g/mol. The van der Waals surface area contributed by atoms with Crippen LogP contribution in [0.25, 0.3) is 10.9 Å². The molecule has 7 nitrogen and oxygen atoms in total. The third kappa shape index (κ3) is 4.38. The number of aromatic nitrogens is 2. The van der Waals surface area contributed by atoms with E-state index in [1.165, 1.54) is 6.92 Å². The van der Waals surface area contributed by atoms with Crippen LogP contribution in [0.2, 0.25) is 0 Å². The SMILES string of the molecule is CC(=O)c1cccc(OCC(=O)O[C@H](C)c2nc3ccccc3c(=O)[nH]2)c1. The van der Waals surface area contributed by atoms with Gasteiger partial charge in [0, 0.05) is 5.56 Å². The maximum atomic E-state index is 12.1. The van der Waals surface area contributed by atoms with E-state index in [1.807, 2.05) is 0 Å². The summed E-state index contributed by atoms with van der Waals surface area (Å²) < 4.78 is 10.6. The highest BCUT2D eigenvalue weighted by molar-refractivity contribution is 5.94. The van der Waals surface area contributed by atoms with Crippen LogP contribution in [-0.4, -0.2) is 28.3 Å². The van der Waals surface area contributed by atoms with E-state index >= 15 is 0 Å². The van der Waals surface area contributed by atoms with E-state index in [9.17, 15) is 14.4 Å². The Labute approximate surface area is 155 Å². The van der Waals surface area contributed by atoms with Crippen molar-refractivity contribution < 1.29 is 19.1 Å². The number of fused-ring (bicyclic) bond motifs is 1. The molecule has 1 atom stereocenters. The fourth-order valence-corrected chi connectivity index (χ4v) is 2.53. The number of ether oxygens (including phenoxy) is 2.